The summed E-state index contributed by atoms with van der Waals surface area (Å²) >= 11 is 11.9. The number of hydrogen-bond acceptors (Lipinski definition) is 1. The Morgan fingerprint density at radius 3 is 2.64 bits per heavy atom. The second-order valence-electron chi connectivity index (χ2n) is 3.78. The molecular formula is C11H13Cl2N. The molecule has 1 aliphatic heterocycles. The number of halogens is 2. The lowest BCUT2D eigenvalue weighted by atomic mass is 10.2. The average Bonchev–Trinajstić information content (AvgIpc) is 2.57. The van der Waals surface area contributed by atoms with Crippen LogP contribution in [0.2, 0.25) is 10.0 Å². The van der Waals surface area contributed by atoms with Gasteiger partial charge in [-0.15, -0.1) is 0 Å². The van der Waals surface area contributed by atoms with Crippen molar-refractivity contribution in [1.82, 2.24) is 0 Å². The van der Waals surface area contributed by atoms with E-state index in [1.165, 1.54) is 18.5 Å². The third kappa shape index (κ3) is 1.84. The SMILES string of the molecule is C[C@H]1CCCN1c1ccc(Cl)c(Cl)c1. The van der Waals surface area contributed by atoms with Crippen LogP contribution in [0.1, 0.15) is 19.8 Å². The van der Waals surface area contributed by atoms with Gasteiger partial charge < -0.3 is 4.90 Å². The molecule has 14 heavy (non-hydrogen) atoms. The summed E-state index contributed by atoms with van der Waals surface area (Å²) in [7, 11) is 0. The van der Waals surface area contributed by atoms with E-state index in [1.807, 2.05) is 18.2 Å². The van der Waals surface area contributed by atoms with Gasteiger partial charge in [0.25, 0.3) is 0 Å². The second kappa shape index (κ2) is 4.00. The van der Waals surface area contributed by atoms with Crippen molar-refractivity contribution in [3.63, 3.8) is 0 Å². The van der Waals surface area contributed by atoms with Gasteiger partial charge in [-0.1, -0.05) is 23.2 Å². The van der Waals surface area contributed by atoms with Crippen LogP contribution < -0.4 is 4.90 Å². The van der Waals surface area contributed by atoms with Gasteiger partial charge in [0, 0.05) is 18.3 Å². The zero-order valence-electron chi connectivity index (χ0n) is 8.13. The molecule has 1 aromatic rings. The van der Waals surface area contributed by atoms with Gasteiger partial charge in [0.15, 0.2) is 0 Å². The lowest BCUT2D eigenvalue weighted by molar-refractivity contribution is 0.735. The molecule has 76 valence electrons. The van der Waals surface area contributed by atoms with Crippen molar-refractivity contribution in [2.45, 2.75) is 25.8 Å². The van der Waals surface area contributed by atoms with E-state index in [2.05, 4.69) is 11.8 Å². The van der Waals surface area contributed by atoms with Crippen molar-refractivity contribution < 1.29 is 0 Å². The Labute approximate surface area is 94.6 Å². The van der Waals surface area contributed by atoms with E-state index in [0.29, 0.717) is 16.1 Å². The van der Waals surface area contributed by atoms with Gasteiger partial charge in [0.05, 0.1) is 10.0 Å². The molecule has 3 heteroatoms. The number of nitrogens with zero attached hydrogens (tertiary/aromatic N) is 1. The Bertz CT molecular complexity index is 338. The Kier molecular flexibility index (Phi) is 2.89. The Morgan fingerprint density at radius 2 is 2.07 bits per heavy atom. The van der Waals surface area contributed by atoms with Crippen LogP contribution >= 0.6 is 23.2 Å². The zero-order chi connectivity index (χ0) is 10.1. The highest BCUT2D eigenvalue weighted by molar-refractivity contribution is 6.42. The van der Waals surface area contributed by atoms with Crippen molar-refractivity contribution >= 4 is 28.9 Å². The summed E-state index contributed by atoms with van der Waals surface area (Å²) in [5, 5.41) is 1.27. The Hall–Kier alpha value is -0.400. The van der Waals surface area contributed by atoms with Crippen molar-refractivity contribution in [2.24, 2.45) is 0 Å². The summed E-state index contributed by atoms with van der Waals surface area (Å²) in [5.41, 5.74) is 1.18. The van der Waals surface area contributed by atoms with E-state index in [-0.39, 0.29) is 0 Å². The number of benzene rings is 1. The monoisotopic (exact) mass is 229 g/mol. The Morgan fingerprint density at radius 1 is 1.29 bits per heavy atom. The molecule has 0 spiro atoms. The predicted octanol–water partition coefficient (Wildman–Crippen LogP) is 3.98. The van der Waals surface area contributed by atoms with Crippen LogP contribution in [-0.2, 0) is 0 Å². The molecule has 0 saturated carbocycles. The van der Waals surface area contributed by atoms with E-state index in [9.17, 15) is 0 Å². The first kappa shape index (κ1) is 10.1. The molecule has 1 fully saturated rings. The fourth-order valence-corrected chi connectivity index (χ4v) is 2.27. The minimum absolute atomic E-state index is 0.618. The fraction of sp³-hybridized carbons (Fsp3) is 0.455. The lowest BCUT2D eigenvalue weighted by Crippen LogP contribution is -2.26. The van der Waals surface area contributed by atoms with Gasteiger partial charge in [-0.05, 0) is 38.0 Å². The molecule has 1 heterocycles. The fourth-order valence-electron chi connectivity index (χ4n) is 1.98. The summed E-state index contributed by atoms with van der Waals surface area (Å²) < 4.78 is 0. The quantitative estimate of drug-likeness (QED) is 0.705. The third-order valence-electron chi connectivity index (χ3n) is 2.79. The first-order valence-corrected chi connectivity index (χ1v) is 5.66. The minimum Gasteiger partial charge on any atom is -0.369 e. The zero-order valence-corrected chi connectivity index (χ0v) is 9.65. The van der Waals surface area contributed by atoms with Crippen LogP contribution in [0.4, 0.5) is 5.69 Å². The molecular weight excluding hydrogens is 217 g/mol. The molecule has 0 bridgehead atoms. The topological polar surface area (TPSA) is 3.24 Å². The van der Waals surface area contributed by atoms with Crippen LogP contribution in [0.3, 0.4) is 0 Å². The van der Waals surface area contributed by atoms with Crippen LogP contribution in [-0.4, -0.2) is 12.6 Å². The maximum absolute atomic E-state index is 5.98. The molecule has 0 aromatic heterocycles. The molecule has 1 saturated heterocycles. The van der Waals surface area contributed by atoms with Gasteiger partial charge in [-0.2, -0.15) is 0 Å². The molecule has 0 unspecified atom stereocenters. The highest BCUT2D eigenvalue weighted by atomic mass is 35.5. The maximum atomic E-state index is 5.98. The summed E-state index contributed by atoms with van der Waals surface area (Å²) in [4.78, 5) is 2.38. The summed E-state index contributed by atoms with van der Waals surface area (Å²) in [5.74, 6) is 0. The number of anilines is 1. The van der Waals surface area contributed by atoms with E-state index >= 15 is 0 Å². The van der Waals surface area contributed by atoms with Gasteiger partial charge in [-0.3, -0.25) is 0 Å². The first-order valence-electron chi connectivity index (χ1n) is 4.90. The van der Waals surface area contributed by atoms with Crippen molar-refractivity contribution in [3.05, 3.63) is 28.2 Å². The van der Waals surface area contributed by atoms with Crippen LogP contribution in [0.25, 0.3) is 0 Å². The number of rotatable bonds is 1. The van der Waals surface area contributed by atoms with E-state index in [1.54, 1.807) is 0 Å². The lowest BCUT2D eigenvalue weighted by Gasteiger charge is -2.24. The molecule has 2 rings (SSSR count). The summed E-state index contributed by atoms with van der Waals surface area (Å²) in [6, 6.07) is 6.47. The molecule has 1 nitrogen and oxygen atoms in total. The van der Waals surface area contributed by atoms with E-state index in [4.69, 9.17) is 23.2 Å². The highest BCUT2D eigenvalue weighted by Gasteiger charge is 2.20. The van der Waals surface area contributed by atoms with Gasteiger partial charge >= 0.3 is 0 Å². The van der Waals surface area contributed by atoms with Crippen LogP contribution in [0.5, 0.6) is 0 Å². The van der Waals surface area contributed by atoms with E-state index in [0.717, 1.165) is 6.54 Å². The molecule has 0 radical (unpaired) electrons. The van der Waals surface area contributed by atoms with E-state index < -0.39 is 0 Å². The molecule has 0 aliphatic carbocycles. The largest absolute Gasteiger partial charge is 0.369 e. The third-order valence-corrected chi connectivity index (χ3v) is 3.53. The van der Waals surface area contributed by atoms with Crippen LogP contribution in [0.15, 0.2) is 18.2 Å². The standard InChI is InChI=1S/C11H13Cl2N/c1-8-3-2-6-14(8)9-4-5-10(12)11(13)7-9/h4-5,7-8H,2-3,6H2,1H3/t8-/m0/s1. The maximum Gasteiger partial charge on any atom is 0.0612 e. The molecule has 0 amide bonds. The summed E-state index contributed by atoms with van der Waals surface area (Å²) in [6.45, 7) is 3.37. The number of hydrogen-bond donors (Lipinski definition) is 0. The van der Waals surface area contributed by atoms with Gasteiger partial charge in [-0.25, -0.2) is 0 Å². The average molecular weight is 230 g/mol. The predicted molar refractivity (Wildman–Crippen MR) is 62.5 cm³/mol. The van der Waals surface area contributed by atoms with Gasteiger partial charge in [0.1, 0.15) is 0 Å². The van der Waals surface area contributed by atoms with Crippen molar-refractivity contribution in [3.8, 4) is 0 Å². The van der Waals surface area contributed by atoms with Crippen molar-refractivity contribution in [2.75, 3.05) is 11.4 Å². The minimum atomic E-state index is 0.618. The van der Waals surface area contributed by atoms with Gasteiger partial charge in [0.2, 0.25) is 0 Å². The smallest absolute Gasteiger partial charge is 0.0612 e. The first-order chi connectivity index (χ1) is 6.68. The van der Waals surface area contributed by atoms with Crippen LogP contribution in [0, 0.1) is 0 Å². The molecule has 0 N–H and O–H groups in total. The van der Waals surface area contributed by atoms with Crippen molar-refractivity contribution in [1.29, 1.82) is 0 Å². The summed E-state index contributed by atoms with van der Waals surface area (Å²) in [6.07, 6.45) is 2.53. The Balaban J connectivity index is 2.28. The second-order valence-corrected chi connectivity index (χ2v) is 4.60. The highest BCUT2D eigenvalue weighted by Crippen LogP contribution is 2.31. The molecule has 1 atom stereocenters. The molecule has 1 aromatic carbocycles. The normalized spacial score (nSPS) is 21.6. The molecule has 1 aliphatic rings.